The highest BCUT2D eigenvalue weighted by Crippen LogP contribution is 2.15. The third kappa shape index (κ3) is 3.54. The fraction of sp³-hybridized carbons (Fsp3) is 0.583. The molecule has 3 nitrogen and oxygen atoms in total. The van der Waals surface area contributed by atoms with Gasteiger partial charge in [-0.2, -0.15) is 0 Å². The van der Waals surface area contributed by atoms with Gasteiger partial charge in [0.25, 0.3) is 0 Å². The van der Waals surface area contributed by atoms with Crippen LogP contribution in [0.3, 0.4) is 0 Å². The van der Waals surface area contributed by atoms with Crippen LogP contribution in [0, 0.1) is 0 Å². The number of aliphatic hydroxyl groups excluding tert-OH is 1. The molecule has 0 fully saturated rings. The van der Waals surface area contributed by atoms with Crippen molar-refractivity contribution in [3.63, 3.8) is 0 Å². The quantitative estimate of drug-likeness (QED) is 0.845. The molecule has 2 N–H and O–H groups in total. The first-order valence-corrected chi connectivity index (χ1v) is 6.41. The molecule has 16 heavy (non-hydrogen) atoms. The summed E-state index contributed by atoms with van der Waals surface area (Å²) in [5.74, 6) is 0. The molecule has 1 rings (SSSR count). The number of hydrogen-bond donors (Lipinski definition) is 2. The third-order valence-corrected chi connectivity index (χ3v) is 3.56. The lowest BCUT2D eigenvalue weighted by molar-refractivity contribution is 0.149. The van der Waals surface area contributed by atoms with Crippen LogP contribution in [0.15, 0.2) is 22.8 Å². The fourth-order valence-corrected chi connectivity index (χ4v) is 1.80. The van der Waals surface area contributed by atoms with E-state index in [-0.39, 0.29) is 12.1 Å². The van der Waals surface area contributed by atoms with Crippen molar-refractivity contribution in [2.24, 2.45) is 0 Å². The molecule has 0 bridgehead atoms. The minimum Gasteiger partial charge on any atom is -0.394 e. The highest BCUT2D eigenvalue weighted by molar-refractivity contribution is 9.10. The van der Waals surface area contributed by atoms with Crippen molar-refractivity contribution in [2.75, 3.05) is 6.61 Å². The summed E-state index contributed by atoms with van der Waals surface area (Å²) < 4.78 is 0.982. The summed E-state index contributed by atoms with van der Waals surface area (Å²) in [6.45, 7) is 5.02. The summed E-state index contributed by atoms with van der Waals surface area (Å²) >= 11 is 3.35. The number of aromatic nitrogens is 1. The highest BCUT2D eigenvalue weighted by Gasteiger charge is 2.24. The van der Waals surface area contributed by atoms with Crippen LogP contribution in [0.1, 0.15) is 32.4 Å². The van der Waals surface area contributed by atoms with E-state index in [1.807, 2.05) is 12.1 Å². The zero-order chi connectivity index (χ0) is 12.0. The molecule has 0 radical (unpaired) electrons. The van der Waals surface area contributed by atoms with Crippen LogP contribution in [-0.2, 0) is 6.54 Å². The van der Waals surface area contributed by atoms with Gasteiger partial charge in [-0.05, 0) is 40.9 Å². The smallest absolute Gasteiger partial charge is 0.0613 e. The lowest BCUT2D eigenvalue weighted by Gasteiger charge is -2.30. The lowest BCUT2D eigenvalue weighted by Crippen LogP contribution is -2.47. The van der Waals surface area contributed by atoms with Gasteiger partial charge in [-0.1, -0.05) is 13.8 Å². The summed E-state index contributed by atoms with van der Waals surface area (Å²) in [5, 5.41) is 12.8. The van der Waals surface area contributed by atoms with Gasteiger partial charge in [-0.25, -0.2) is 0 Å². The second kappa shape index (κ2) is 6.33. The van der Waals surface area contributed by atoms with Gasteiger partial charge in [0.1, 0.15) is 0 Å². The van der Waals surface area contributed by atoms with E-state index in [9.17, 15) is 5.11 Å². The molecule has 0 unspecified atom stereocenters. The number of nitrogens with one attached hydrogen (secondary N) is 1. The largest absolute Gasteiger partial charge is 0.394 e. The van der Waals surface area contributed by atoms with E-state index in [2.05, 4.69) is 40.1 Å². The molecule has 1 aromatic heterocycles. The molecule has 0 aliphatic rings. The monoisotopic (exact) mass is 286 g/mol. The first-order chi connectivity index (χ1) is 7.65. The predicted octanol–water partition coefficient (Wildman–Crippen LogP) is 2.48. The van der Waals surface area contributed by atoms with Gasteiger partial charge in [0.05, 0.1) is 12.3 Å². The average Bonchev–Trinajstić information content (AvgIpc) is 2.34. The Kier molecular flexibility index (Phi) is 5.38. The Labute approximate surface area is 105 Å². The van der Waals surface area contributed by atoms with E-state index in [0.29, 0.717) is 6.54 Å². The summed E-state index contributed by atoms with van der Waals surface area (Å²) in [4.78, 5) is 4.29. The van der Waals surface area contributed by atoms with E-state index >= 15 is 0 Å². The van der Waals surface area contributed by atoms with Crippen LogP contribution in [-0.4, -0.2) is 22.2 Å². The molecule has 0 saturated heterocycles. The number of aliphatic hydroxyl groups is 1. The number of pyridine rings is 1. The van der Waals surface area contributed by atoms with Crippen LogP contribution < -0.4 is 5.32 Å². The Morgan fingerprint density at radius 1 is 1.38 bits per heavy atom. The summed E-state index contributed by atoms with van der Waals surface area (Å²) in [7, 11) is 0. The molecular formula is C12H19BrN2O. The molecule has 1 heterocycles. The lowest BCUT2D eigenvalue weighted by atomic mass is 9.94. The molecular weight excluding hydrogens is 268 g/mol. The first kappa shape index (κ1) is 13.6. The maximum absolute atomic E-state index is 9.41. The van der Waals surface area contributed by atoms with Crippen LogP contribution >= 0.6 is 15.9 Å². The van der Waals surface area contributed by atoms with Crippen molar-refractivity contribution < 1.29 is 5.11 Å². The van der Waals surface area contributed by atoms with Crippen LogP contribution in [0.2, 0.25) is 0 Å². The van der Waals surface area contributed by atoms with Crippen molar-refractivity contribution >= 4 is 15.9 Å². The number of halogens is 1. The Morgan fingerprint density at radius 2 is 2.06 bits per heavy atom. The van der Waals surface area contributed by atoms with Gasteiger partial charge >= 0.3 is 0 Å². The molecule has 0 spiro atoms. The van der Waals surface area contributed by atoms with Crippen molar-refractivity contribution in [1.29, 1.82) is 0 Å². The van der Waals surface area contributed by atoms with Gasteiger partial charge < -0.3 is 10.4 Å². The fourth-order valence-electron chi connectivity index (χ4n) is 1.57. The van der Waals surface area contributed by atoms with Gasteiger partial charge in [0.15, 0.2) is 0 Å². The summed E-state index contributed by atoms with van der Waals surface area (Å²) in [5.41, 5.74) is 0.817. The maximum atomic E-state index is 9.41. The molecule has 4 heteroatoms. The van der Waals surface area contributed by atoms with Crippen LogP contribution in [0.4, 0.5) is 0 Å². The number of nitrogens with zero attached hydrogens (tertiary/aromatic N) is 1. The van der Waals surface area contributed by atoms with E-state index < -0.39 is 0 Å². The number of rotatable bonds is 6. The van der Waals surface area contributed by atoms with Crippen molar-refractivity contribution in [1.82, 2.24) is 10.3 Å². The molecule has 0 aliphatic carbocycles. The second-order valence-electron chi connectivity index (χ2n) is 3.97. The van der Waals surface area contributed by atoms with Crippen LogP contribution in [0.25, 0.3) is 0 Å². The Bertz CT molecular complexity index is 301. The Morgan fingerprint density at radius 3 is 2.50 bits per heavy atom. The zero-order valence-corrected chi connectivity index (χ0v) is 11.4. The minimum absolute atomic E-state index is 0.163. The van der Waals surface area contributed by atoms with Gasteiger partial charge in [-0.15, -0.1) is 0 Å². The van der Waals surface area contributed by atoms with Crippen molar-refractivity contribution in [2.45, 2.75) is 38.8 Å². The second-order valence-corrected chi connectivity index (χ2v) is 4.88. The number of hydrogen-bond acceptors (Lipinski definition) is 3. The van der Waals surface area contributed by atoms with E-state index in [1.165, 1.54) is 0 Å². The van der Waals surface area contributed by atoms with Crippen LogP contribution in [0.5, 0.6) is 0 Å². The summed E-state index contributed by atoms with van der Waals surface area (Å²) in [6, 6.07) is 3.95. The van der Waals surface area contributed by atoms with Crippen molar-refractivity contribution in [3.05, 3.63) is 28.5 Å². The third-order valence-electron chi connectivity index (χ3n) is 3.09. The molecule has 90 valence electrons. The van der Waals surface area contributed by atoms with Gasteiger partial charge in [0.2, 0.25) is 0 Å². The topological polar surface area (TPSA) is 45.1 Å². The SMILES string of the molecule is CCC(CC)(CO)NCc1ccc(Br)cn1. The van der Waals surface area contributed by atoms with Crippen molar-refractivity contribution in [3.8, 4) is 0 Å². The maximum Gasteiger partial charge on any atom is 0.0613 e. The Hall–Kier alpha value is -0.450. The molecule has 0 saturated carbocycles. The van der Waals surface area contributed by atoms with Gasteiger partial charge in [-0.3, -0.25) is 4.98 Å². The first-order valence-electron chi connectivity index (χ1n) is 5.62. The molecule has 0 aliphatic heterocycles. The zero-order valence-electron chi connectivity index (χ0n) is 9.83. The molecule has 0 amide bonds. The standard InChI is InChI=1S/C12H19BrN2O/c1-3-12(4-2,9-16)15-8-11-6-5-10(13)7-14-11/h5-7,15-16H,3-4,8-9H2,1-2H3. The highest BCUT2D eigenvalue weighted by atomic mass is 79.9. The predicted molar refractivity (Wildman–Crippen MR) is 69.2 cm³/mol. The average molecular weight is 287 g/mol. The van der Waals surface area contributed by atoms with E-state index in [4.69, 9.17) is 0 Å². The normalized spacial score (nSPS) is 11.8. The Balaban J connectivity index is 2.58. The van der Waals surface area contributed by atoms with Gasteiger partial charge in [0, 0.05) is 22.8 Å². The van der Waals surface area contributed by atoms with E-state index in [0.717, 1.165) is 23.0 Å². The molecule has 1 aromatic rings. The minimum atomic E-state index is -0.172. The molecule has 0 aromatic carbocycles. The van der Waals surface area contributed by atoms with E-state index in [1.54, 1.807) is 6.20 Å². The molecule has 0 atom stereocenters. The summed E-state index contributed by atoms with van der Waals surface area (Å²) in [6.07, 6.45) is 3.61.